The summed E-state index contributed by atoms with van der Waals surface area (Å²) in [5.74, 6) is 0. The molecular weight excluding hydrogens is 234 g/mol. The molecule has 3 heteroatoms. The Morgan fingerprint density at radius 1 is 1.11 bits per heavy atom. The molecule has 2 N–H and O–H groups in total. The summed E-state index contributed by atoms with van der Waals surface area (Å²) in [5, 5.41) is 0. The van der Waals surface area contributed by atoms with Crippen LogP contribution < -0.4 is 10.6 Å². The molecule has 1 heterocycles. The van der Waals surface area contributed by atoms with Crippen molar-refractivity contribution < 1.29 is 0 Å². The highest BCUT2D eigenvalue weighted by Gasteiger charge is 2.07. The molecule has 0 amide bonds. The molecule has 0 unspecified atom stereocenters. The van der Waals surface area contributed by atoms with Gasteiger partial charge in [-0.1, -0.05) is 31.2 Å². The van der Waals surface area contributed by atoms with Crippen LogP contribution in [-0.4, -0.2) is 12.0 Å². The summed E-state index contributed by atoms with van der Waals surface area (Å²) in [5.41, 5.74) is 10.4. The molecule has 2 rings (SSSR count). The maximum Gasteiger partial charge on any atom is 0.0772 e. The SMILES string of the molecule is CCc1ccc(CN(C)c2cccnc2CN)cc1. The van der Waals surface area contributed by atoms with Crippen molar-refractivity contribution in [1.82, 2.24) is 4.98 Å². The van der Waals surface area contributed by atoms with Crippen molar-refractivity contribution in [3.8, 4) is 0 Å². The second kappa shape index (κ2) is 6.34. The molecule has 0 fully saturated rings. The molecule has 0 saturated heterocycles. The largest absolute Gasteiger partial charge is 0.369 e. The average molecular weight is 255 g/mol. The van der Waals surface area contributed by atoms with Crippen molar-refractivity contribution in [3.05, 3.63) is 59.4 Å². The van der Waals surface area contributed by atoms with Gasteiger partial charge < -0.3 is 10.6 Å². The summed E-state index contributed by atoms with van der Waals surface area (Å²) in [7, 11) is 2.07. The fourth-order valence-electron chi connectivity index (χ4n) is 2.17. The third-order valence-electron chi connectivity index (χ3n) is 3.32. The van der Waals surface area contributed by atoms with Gasteiger partial charge in [-0.25, -0.2) is 0 Å². The maximum atomic E-state index is 5.73. The van der Waals surface area contributed by atoms with E-state index in [-0.39, 0.29) is 0 Å². The summed E-state index contributed by atoms with van der Waals surface area (Å²) in [4.78, 5) is 6.51. The molecule has 100 valence electrons. The highest BCUT2D eigenvalue weighted by Crippen LogP contribution is 2.18. The van der Waals surface area contributed by atoms with Crippen molar-refractivity contribution in [2.24, 2.45) is 5.73 Å². The van der Waals surface area contributed by atoms with E-state index in [1.165, 1.54) is 11.1 Å². The van der Waals surface area contributed by atoms with Gasteiger partial charge in [0.05, 0.1) is 11.4 Å². The van der Waals surface area contributed by atoms with Crippen LogP contribution in [-0.2, 0) is 19.5 Å². The Labute approximate surface area is 115 Å². The molecule has 0 aliphatic rings. The van der Waals surface area contributed by atoms with E-state index in [9.17, 15) is 0 Å². The Morgan fingerprint density at radius 3 is 2.42 bits per heavy atom. The summed E-state index contributed by atoms with van der Waals surface area (Å²) in [6.07, 6.45) is 2.87. The van der Waals surface area contributed by atoms with Crippen molar-refractivity contribution in [2.45, 2.75) is 26.4 Å². The molecule has 0 aliphatic heterocycles. The third-order valence-corrected chi connectivity index (χ3v) is 3.32. The summed E-state index contributed by atoms with van der Waals surface area (Å²) in [6.45, 7) is 3.50. The number of benzene rings is 1. The highest BCUT2D eigenvalue weighted by atomic mass is 15.1. The first kappa shape index (κ1) is 13.6. The third kappa shape index (κ3) is 3.32. The fourth-order valence-corrected chi connectivity index (χ4v) is 2.17. The molecule has 1 aromatic carbocycles. The number of nitrogens with two attached hydrogens (primary N) is 1. The molecule has 2 aromatic rings. The molecule has 0 aliphatic carbocycles. The second-order valence-electron chi connectivity index (χ2n) is 4.70. The molecular formula is C16H21N3. The predicted octanol–water partition coefficient (Wildman–Crippen LogP) is 2.74. The summed E-state index contributed by atoms with van der Waals surface area (Å²) < 4.78 is 0. The van der Waals surface area contributed by atoms with Gasteiger partial charge >= 0.3 is 0 Å². The van der Waals surface area contributed by atoms with Crippen molar-refractivity contribution >= 4 is 5.69 Å². The number of pyridine rings is 1. The van der Waals surface area contributed by atoms with Gasteiger partial charge in [-0.15, -0.1) is 0 Å². The monoisotopic (exact) mass is 255 g/mol. The zero-order valence-electron chi connectivity index (χ0n) is 11.6. The minimum Gasteiger partial charge on any atom is -0.369 e. The molecule has 19 heavy (non-hydrogen) atoms. The van der Waals surface area contributed by atoms with Gasteiger partial charge in [0.15, 0.2) is 0 Å². The highest BCUT2D eigenvalue weighted by molar-refractivity contribution is 5.50. The molecule has 1 aromatic heterocycles. The van der Waals surface area contributed by atoms with Crippen LogP contribution in [0.15, 0.2) is 42.6 Å². The van der Waals surface area contributed by atoms with Crippen LogP contribution in [0.5, 0.6) is 0 Å². The lowest BCUT2D eigenvalue weighted by Crippen LogP contribution is -2.19. The Morgan fingerprint density at radius 2 is 1.79 bits per heavy atom. The van der Waals surface area contributed by atoms with E-state index < -0.39 is 0 Å². The van der Waals surface area contributed by atoms with E-state index in [1.54, 1.807) is 6.20 Å². The van der Waals surface area contributed by atoms with Crippen LogP contribution in [0.25, 0.3) is 0 Å². The van der Waals surface area contributed by atoms with Gasteiger partial charge in [-0.2, -0.15) is 0 Å². The quantitative estimate of drug-likeness (QED) is 0.893. The number of aryl methyl sites for hydroxylation is 1. The molecule has 0 spiro atoms. The number of aromatic nitrogens is 1. The van der Waals surface area contributed by atoms with E-state index in [2.05, 4.69) is 54.2 Å². The predicted molar refractivity (Wildman–Crippen MR) is 80.1 cm³/mol. The first-order valence-electron chi connectivity index (χ1n) is 6.67. The first-order valence-corrected chi connectivity index (χ1v) is 6.67. The van der Waals surface area contributed by atoms with Crippen LogP contribution in [0.3, 0.4) is 0 Å². The number of rotatable bonds is 5. The Balaban J connectivity index is 2.13. The normalized spacial score (nSPS) is 10.5. The molecule has 0 bridgehead atoms. The van der Waals surface area contributed by atoms with Crippen molar-refractivity contribution in [2.75, 3.05) is 11.9 Å². The van der Waals surface area contributed by atoms with Crippen LogP contribution in [0.1, 0.15) is 23.7 Å². The van der Waals surface area contributed by atoms with Gasteiger partial charge in [-0.05, 0) is 29.7 Å². The summed E-state index contributed by atoms with van der Waals surface area (Å²) >= 11 is 0. The molecule has 0 atom stereocenters. The average Bonchev–Trinajstić information content (AvgIpc) is 2.48. The fraction of sp³-hybridized carbons (Fsp3) is 0.312. The number of hydrogen-bond acceptors (Lipinski definition) is 3. The Hall–Kier alpha value is -1.87. The van der Waals surface area contributed by atoms with Gasteiger partial charge in [0.2, 0.25) is 0 Å². The van der Waals surface area contributed by atoms with Gasteiger partial charge in [0, 0.05) is 26.3 Å². The number of hydrogen-bond donors (Lipinski definition) is 1. The zero-order chi connectivity index (χ0) is 13.7. The van der Waals surface area contributed by atoms with E-state index in [1.807, 2.05) is 6.07 Å². The molecule has 0 saturated carbocycles. The van der Waals surface area contributed by atoms with E-state index >= 15 is 0 Å². The van der Waals surface area contributed by atoms with E-state index in [0.717, 1.165) is 24.3 Å². The number of nitrogens with zero attached hydrogens (tertiary/aromatic N) is 2. The lowest BCUT2D eigenvalue weighted by atomic mass is 10.1. The first-order chi connectivity index (χ1) is 9.24. The standard InChI is InChI=1S/C16H21N3/c1-3-13-6-8-14(9-7-13)12-19(2)16-5-4-10-18-15(16)11-17/h4-10H,3,11-12,17H2,1-2H3. The van der Waals surface area contributed by atoms with Crippen LogP contribution in [0.2, 0.25) is 0 Å². The van der Waals surface area contributed by atoms with Crippen LogP contribution >= 0.6 is 0 Å². The second-order valence-corrected chi connectivity index (χ2v) is 4.70. The van der Waals surface area contributed by atoms with Gasteiger partial charge in [0.25, 0.3) is 0 Å². The van der Waals surface area contributed by atoms with E-state index in [4.69, 9.17) is 5.73 Å². The lowest BCUT2D eigenvalue weighted by Gasteiger charge is -2.21. The van der Waals surface area contributed by atoms with Crippen molar-refractivity contribution in [1.29, 1.82) is 0 Å². The van der Waals surface area contributed by atoms with Crippen molar-refractivity contribution in [3.63, 3.8) is 0 Å². The lowest BCUT2D eigenvalue weighted by molar-refractivity contribution is 0.883. The van der Waals surface area contributed by atoms with Gasteiger partial charge in [-0.3, -0.25) is 4.98 Å². The maximum absolute atomic E-state index is 5.73. The zero-order valence-corrected chi connectivity index (χ0v) is 11.6. The molecule has 0 radical (unpaired) electrons. The summed E-state index contributed by atoms with van der Waals surface area (Å²) in [6, 6.07) is 12.8. The van der Waals surface area contributed by atoms with Crippen LogP contribution in [0.4, 0.5) is 5.69 Å². The van der Waals surface area contributed by atoms with Crippen LogP contribution in [0, 0.1) is 0 Å². The molecule has 3 nitrogen and oxygen atoms in total. The Kier molecular flexibility index (Phi) is 4.53. The van der Waals surface area contributed by atoms with E-state index in [0.29, 0.717) is 6.54 Å². The topological polar surface area (TPSA) is 42.2 Å². The minimum atomic E-state index is 0.468. The number of anilines is 1. The van der Waals surface area contributed by atoms with Gasteiger partial charge in [0.1, 0.15) is 0 Å². The Bertz CT molecular complexity index is 520. The minimum absolute atomic E-state index is 0.468. The smallest absolute Gasteiger partial charge is 0.0772 e.